The number of aryl methyl sites for hydroxylation is 2. The van der Waals surface area contributed by atoms with E-state index in [0.29, 0.717) is 94.4 Å². The number of nitrogens with one attached hydrogen (secondary N) is 6. The highest BCUT2D eigenvalue weighted by molar-refractivity contribution is 6.12. The lowest BCUT2D eigenvalue weighted by Gasteiger charge is -2.26. The molecule has 10 aliphatic rings. The highest BCUT2D eigenvalue weighted by atomic mass is 19.1. The molecule has 6 aromatic carbocycles. The first-order valence-corrected chi connectivity index (χ1v) is 38.9. The highest BCUT2D eigenvalue weighted by Gasteiger charge is 2.53. The van der Waals surface area contributed by atoms with Gasteiger partial charge in [-0.1, -0.05) is 94.9 Å². The number of halogens is 1. The highest BCUT2D eigenvalue weighted by Crippen LogP contribution is 2.40. The second-order valence-electron chi connectivity index (χ2n) is 31.4. The number of amides is 16. The van der Waals surface area contributed by atoms with Crippen molar-refractivity contribution in [3.8, 4) is 58.9 Å². The van der Waals surface area contributed by atoms with Gasteiger partial charge in [-0.3, -0.25) is 88.8 Å². The van der Waals surface area contributed by atoms with Gasteiger partial charge in [0.2, 0.25) is 47.3 Å². The van der Waals surface area contributed by atoms with Gasteiger partial charge in [0.15, 0.2) is 11.6 Å². The van der Waals surface area contributed by atoms with Gasteiger partial charge < -0.3 is 49.5 Å². The minimum Gasteiger partial charge on any atom is -0.497 e. The number of hydrogen-bond donors (Lipinski definition) is 6. The standard InChI is InChI=1S/C25H21FN4O5.C25H22N4O5.2C21H17N3O3/c1-29-11-16-9-14(3-5-17(16)27-24(29)34)7-8-25(10-19(31)28-23(25)33)13-30-12-15-4-6-18(35-2)21(26)20(15)22(30)32;1-28-12-17-9-15(3-6-20(17)26-24(28)33)7-8-25(11-21(30)27-23(25)32)14-29-13-16-4-5-18(34-2)10-19(16)22(29)31;2*1-14-4-5-16-12-24(19(26)17(16)9-14)13-21(10-18(25)23-20(21)27)7-6-15-3-2-8-22-11-15/h3-6,9H,10-13H2,1-2H3,(H,27,34)(H,28,31,33);3-6,9-10H,11-14H2,1-2H3,(H,26,33)(H,27,30,32);2*2-5,8-9,11H,10,12-13H2,1H3,(H,23,25,27)/t2*25-;2*21-/m1110/s1. The molecular formula is C92H77FN14O16. The Bertz CT molecular complexity index is 6060. The second kappa shape index (κ2) is 33.3. The van der Waals surface area contributed by atoms with E-state index in [1.807, 2.05) is 62.4 Å². The van der Waals surface area contributed by atoms with Crippen molar-refractivity contribution in [1.29, 1.82) is 0 Å². The molecular weight excluding hydrogens is 1580 g/mol. The Kier molecular flexibility index (Phi) is 22.3. The smallest absolute Gasteiger partial charge is 0.321 e. The number of pyridine rings is 2. The molecule has 4 fully saturated rings. The molecule has 123 heavy (non-hydrogen) atoms. The third-order valence-corrected chi connectivity index (χ3v) is 22.5. The van der Waals surface area contributed by atoms with Crippen LogP contribution in [-0.4, -0.2) is 177 Å². The van der Waals surface area contributed by atoms with E-state index in [4.69, 9.17) is 9.47 Å². The molecule has 0 saturated carbocycles. The maximum atomic E-state index is 14.7. The average molecular weight is 1650 g/mol. The number of carbonyl (C=O) groups is 14. The predicted molar refractivity (Wildman–Crippen MR) is 438 cm³/mol. The SMILES string of the molecule is COc1ccc2c(c1)C(=O)N(C[C@@]1(C#Cc3ccc4c(c3)CN(C)C(=O)N4)CC(=O)NC1=O)C2.COc1ccc2c(c1F)C(=O)N(C[C@@]1(C#Cc3ccc4c(c3)CN(C)C(=O)N4)CC(=O)NC1=O)C2.Cc1ccc2c(c1)C(=O)N(C[C@@]1(C#Cc3cccnc3)CC(=O)NC1=O)C2.Cc1ccc2c(c1)C(=O)N(C[C@]1(C#Cc3cccnc3)CC(=O)NC1=O)C2. The van der Waals surface area contributed by atoms with E-state index >= 15 is 0 Å². The maximum absolute atomic E-state index is 14.7. The van der Waals surface area contributed by atoms with E-state index in [9.17, 15) is 71.5 Å². The molecule has 4 atom stereocenters. The molecule has 16 amide bonds. The van der Waals surface area contributed by atoms with E-state index in [1.54, 1.807) is 131 Å². The van der Waals surface area contributed by atoms with Gasteiger partial charge in [0.25, 0.3) is 23.6 Å². The topological polar surface area (TPSA) is 375 Å². The molecule has 2 aromatic heterocycles. The van der Waals surface area contributed by atoms with E-state index in [-0.39, 0.29) is 111 Å². The van der Waals surface area contributed by atoms with Crippen LogP contribution in [0.3, 0.4) is 0 Å². The fourth-order valence-electron chi connectivity index (χ4n) is 16.0. The summed E-state index contributed by atoms with van der Waals surface area (Å²) in [4.78, 5) is 191. The van der Waals surface area contributed by atoms with Gasteiger partial charge in [0.1, 0.15) is 27.4 Å². The quantitative estimate of drug-likeness (QED) is 0.0634. The number of rotatable bonds is 10. The van der Waals surface area contributed by atoms with Crippen LogP contribution in [0.1, 0.15) is 134 Å². The van der Waals surface area contributed by atoms with Crippen molar-refractivity contribution in [2.45, 2.75) is 78.8 Å². The Morgan fingerprint density at radius 1 is 0.382 bits per heavy atom. The van der Waals surface area contributed by atoms with E-state index in [0.717, 1.165) is 38.9 Å². The third kappa shape index (κ3) is 16.8. The fourth-order valence-corrected chi connectivity index (χ4v) is 16.0. The van der Waals surface area contributed by atoms with Crippen LogP contribution >= 0.6 is 0 Å². The van der Waals surface area contributed by atoms with Crippen molar-refractivity contribution in [3.05, 3.63) is 247 Å². The van der Waals surface area contributed by atoms with Crippen LogP contribution in [0.25, 0.3) is 0 Å². The zero-order chi connectivity index (χ0) is 87.0. The van der Waals surface area contributed by atoms with Crippen LogP contribution in [0.4, 0.5) is 25.4 Å². The number of anilines is 2. The minimum atomic E-state index is -1.48. The fraction of sp³-hybridized carbons (Fsp3) is 0.261. The Balaban J connectivity index is 0.000000128. The number of benzene rings is 6. The van der Waals surface area contributed by atoms with Crippen molar-refractivity contribution in [2.24, 2.45) is 21.7 Å². The summed E-state index contributed by atoms with van der Waals surface area (Å²) in [7, 11) is 6.21. The monoisotopic (exact) mass is 1650 g/mol. The zero-order valence-corrected chi connectivity index (χ0v) is 67.3. The van der Waals surface area contributed by atoms with Gasteiger partial charge >= 0.3 is 12.1 Å². The summed E-state index contributed by atoms with van der Waals surface area (Å²) in [6.45, 7) is 5.90. The summed E-state index contributed by atoms with van der Waals surface area (Å²) >= 11 is 0. The van der Waals surface area contributed by atoms with Gasteiger partial charge in [-0.15, -0.1) is 0 Å². The molecule has 10 aliphatic heterocycles. The van der Waals surface area contributed by atoms with Crippen LogP contribution in [0.2, 0.25) is 0 Å². The number of aromatic nitrogens is 2. The number of ether oxygens (including phenoxy) is 2. The number of hydrogen-bond acceptors (Lipinski definition) is 18. The normalized spacial score (nSPS) is 20.8. The molecule has 0 spiro atoms. The number of nitrogens with zero attached hydrogens (tertiary/aromatic N) is 8. The van der Waals surface area contributed by atoms with Crippen molar-refractivity contribution < 1.29 is 81.0 Å². The van der Waals surface area contributed by atoms with E-state index in [2.05, 4.69) is 89.2 Å². The Morgan fingerprint density at radius 3 is 1.10 bits per heavy atom. The average Bonchev–Trinajstić information content (AvgIpc) is 1.78. The summed E-state index contributed by atoms with van der Waals surface area (Å²) in [6.07, 6.45) is 6.00. The molecule has 618 valence electrons. The number of methoxy groups -OCH3 is 2. The second-order valence-corrected chi connectivity index (χ2v) is 31.4. The Hall–Kier alpha value is -15.6. The van der Waals surface area contributed by atoms with Crippen LogP contribution in [0, 0.1) is 88.7 Å². The first-order chi connectivity index (χ1) is 58.9. The predicted octanol–water partition coefficient (Wildman–Crippen LogP) is 6.43. The molecule has 31 heteroatoms. The summed E-state index contributed by atoms with van der Waals surface area (Å²) < 4.78 is 24.9. The molecule has 4 saturated heterocycles. The van der Waals surface area contributed by atoms with E-state index in [1.165, 1.54) is 30.1 Å². The first kappa shape index (κ1) is 82.5. The molecule has 18 rings (SSSR count). The zero-order valence-electron chi connectivity index (χ0n) is 67.3. The molecule has 12 heterocycles. The van der Waals surface area contributed by atoms with Crippen LogP contribution in [-0.2, 0) is 77.6 Å². The number of imide groups is 4. The van der Waals surface area contributed by atoms with Crippen LogP contribution < -0.4 is 41.4 Å². The first-order valence-electron chi connectivity index (χ1n) is 38.9. The molecule has 0 aliphatic carbocycles. The van der Waals surface area contributed by atoms with Crippen molar-refractivity contribution in [1.82, 2.24) is 60.6 Å². The summed E-state index contributed by atoms with van der Waals surface area (Å²) in [5, 5.41) is 14.9. The Labute approximate surface area is 704 Å². The molecule has 0 radical (unpaired) electrons. The number of urea groups is 2. The summed E-state index contributed by atoms with van der Waals surface area (Å²) in [5.41, 5.74) is 7.24. The van der Waals surface area contributed by atoms with Crippen molar-refractivity contribution in [3.63, 3.8) is 0 Å². The maximum Gasteiger partial charge on any atom is 0.321 e. The van der Waals surface area contributed by atoms with Gasteiger partial charge in [0, 0.05) is 155 Å². The lowest BCUT2D eigenvalue weighted by molar-refractivity contribution is -0.128. The molecule has 30 nitrogen and oxygen atoms in total. The molecule has 6 N–H and O–H groups in total. The lowest BCUT2D eigenvalue weighted by Crippen LogP contribution is -2.42. The van der Waals surface area contributed by atoms with Crippen LogP contribution in [0.5, 0.6) is 11.5 Å². The van der Waals surface area contributed by atoms with Gasteiger partial charge in [-0.25, -0.2) is 14.0 Å². The molecule has 8 aromatic rings. The largest absolute Gasteiger partial charge is 0.497 e. The number of carbonyl (C=O) groups excluding carboxylic acids is 14. The third-order valence-electron chi connectivity index (χ3n) is 22.5. The van der Waals surface area contributed by atoms with E-state index < -0.39 is 68.8 Å². The van der Waals surface area contributed by atoms with Gasteiger partial charge in [-0.05, 0) is 138 Å². The number of fused-ring (bicyclic) bond motifs is 6. The van der Waals surface area contributed by atoms with Crippen molar-refractivity contribution >= 4 is 94.3 Å². The van der Waals surface area contributed by atoms with Crippen molar-refractivity contribution in [2.75, 3.05) is 65.1 Å². The summed E-state index contributed by atoms with van der Waals surface area (Å²) in [6, 6.07) is 37.1. The summed E-state index contributed by atoms with van der Waals surface area (Å²) in [5.74, 6) is 18.8. The van der Waals surface area contributed by atoms with Crippen LogP contribution in [0.15, 0.2) is 152 Å². The lowest BCUT2D eigenvalue weighted by atomic mass is 9.85. The Morgan fingerprint density at radius 2 is 0.740 bits per heavy atom. The molecule has 0 unspecified atom stereocenters. The minimum absolute atomic E-state index is 0.00284. The molecule has 0 bridgehead atoms. The van der Waals surface area contributed by atoms with Gasteiger partial charge in [0.05, 0.1) is 45.5 Å². The van der Waals surface area contributed by atoms with Gasteiger partial charge in [-0.2, -0.15) is 0 Å².